The van der Waals surface area contributed by atoms with E-state index in [4.69, 9.17) is 15.6 Å². The Morgan fingerprint density at radius 1 is 1.24 bits per heavy atom. The summed E-state index contributed by atoms with van der Waals surface area (Å²) >= 11 is 0. The standard InChI is InChI=1S/C26H33N7O5/c1-4-15(2)21(33(3)24(35)20-17-9-6-5-8-16(17)11-13-29-20)23-32-19(14-38-23)22(34)31-18(25(36)37)10-7-12-30-26(27)28/h5-6,8-9,11,13-15,18,21H,4,7,10,12H2,1-3H3,(H,31,34)(H,36,37)(H4,27,28,30)/t15-,18-,21-/m0/s1. The average Bonchev–Trinajstić information content (AvgIpc) is 3.39. The second kappa shape index (κ2) is 12.7. The number of rotatable bonds is 12. The summed E-state index contributed by atoms with van der Waals surface area (Å²) in [7, 11) is 1.64. The first-order valence-electron chi connectivity index (χ1n) is 12.3. The molecule has 3 rings (SSSR count). The van der Waals surface area contributed by atoms with E-state index in [1.54, 1.807) is 13.2 Å². The number of hydrogen-bond acceptors (Lipinski definition) is 7. The maximum atomic E-state index is 13.5. The van der Waals surface area contributed by atoms with Crippen LogP contribution in [0.1, 0.15) is 66.0 Å². The summed E-state index contributed by atoms with van der Waals surface area (Å²) < 4.78 is 5.65. The van der Waals surface area contributed by atoms with Crippen molar-refractivity contribution in [3.05, 3.63) is 60.1 Å². The predicted octanol–water partition coefficient (Wildman–Crippen LogP) is 2.53. The van der Waals surface area contributed by atoms with Gasteiger partial charge < -0.3 is 30.8 Å². The minimum absolute atomic E-state index is 0.0750. The third-order valence-electron chi connectivity index (χ3n) is 6.39. The van der Waals surface area contributed by atoms with Crippen molar-refractivity contribution in [3.8, 4) is 0 Å². The van der Waals surface area contributed by atoms with Crippen molar-refractivity contribution < 1.29 is 23.9 Å². The van der Waals surface area contributed by atoms with Crippen LogP contribution in [0.5, 0.6) is 0 Å². The lowest BCUT2D eigenvalue weighted by molar-refractivity contribution is -0.139. The van der Waals surface area contributed by atoms with Gasteiger partial charge in [0, 0.05) is 25.2 Å². The Hall–Kier alpha value is -4.48. The molecule has 2 heterocycles. The van der Waals surface area contributed by atoms with E-state index >= 15 is 0 Å². The minimum atomic E-state index is -1.20. The lowest BCUT2D eigenvalue weighted by atomic mass is 9.97. The molecule has 0 fully saturated rings. The zero-order valence-corrected chi connectivity index (χ0v) is 21.6. The molecule has 0 saturated carbocycles. The molecule has 0 spiro atoms. The Labute approximate surface area is 220 Å². The van der Waals surface area contributed by atoms with Crippen LogP contribution >= 0.6 is 0 Å². The molecule has 6 N–H and O–H groups in total. The largest absolute Gasteiger partial charge is 0.480 e. The highest BCUT2D eigenvalue weighted by Crippen LogP contribution is 2.31. The first-order valence-corrected chi connectivity index (χ1v) is 12.3. The van der Waals surface area contributed by atoms with E-state index in [2.05, 4.69) is 20.6 Å². The fourth-order valence-electron chi connectivity index (χ4n) is 4.14. The Morgan fingerprint density at radius 3 is 2.66 bits per heavy atom. The van der Waals surface area contributed by atoms with Gasteiger partial charge in [-0.05, 0) is 30.2 Å². The van der Waals surface area contributed by atoms with Crippen LogP contribution in [-0.2, 0) is 4.79 Å². The fourth-order valence-corrected chi connectivity index (χ4v) is 4.14. The molecule has 1 aromatic carbocycles. The number of carboxylic acids is 1. The van der Waals surface area contributed by atoms with Gasteiger partial charge in [-0.15, -0.1) is 0 Å². The lowest BCUT2D eigenvalue weighted by Gasteiger charge is -2.30. The van der Waals surface area contributed by atoms with Gasteiger partial charge in [-0.25, -0.2) is 9.78 Å². The molecule has 0 aliphatic rings. The second-order valence-electron chi connectivity index (χ2n) is 9.05. The van der Waals surface area contributed by atoms with Crippen LogP contribution in [0.25, 0.3) is 10.8 Å². The average molecular weight is 524 g/mol. The number of nitrogens with one attached hydrogen (secondary N) is 3. The molecule has 0 saturated heterocycles. The Morgan fingerprint density at radius 2 is 1.97 bits per heavy atom. The van der Waals surface area contributed by atoms with E-state index in [0.29, 0.717) is 25.1 Å². The van der Waals surface area contributed by atoms with Crippen LogP contribution in [-0.4, -0.2) is 63.4 Å². The molecule has 0 aliphatic heterocycles. The zero-order valence-electron chi connectivity index (χ0n) is 21.6. The number of carbonyl (C=O) groups excluding carboxylic acids is 2. The number of oxazole rings is 1. The predicted molar refractivity (Wildman–Crippen MR) is 141 cm³/mol. The molecular weight excluding hydrogens is 490 g/mol. The van der Waals surface area contributed by atoms with E-state index in [1.165, 1.54) is 4.90 Å². The van der Waals surface area contributed by atoms with Gasteiger partial charge in [-0.2, -0.15) is 0 Å². The number of hydrogen-bond donors (Lipinski definition) is 5. The molecule has 0 radical (unpaired) electrons. The van der Waals surface area contributed by atoms with Gasteiger partial charge >= 0.3 is 5.97 Å². The third kappa shape index (κ3) is 6.64. The first-order chi connectivity index (χ1) is 18.1. The number of aromatic nitrogens is 2. The molecule has 0 bridgehead atoms. The number of nitrogens with two attached hydrogens (primary N) is 1. The van der Waals surface area contributed by atoms with E-state index in [-0.39, 0.29) is 35.8 Å². The van der Waals surface area contributed by atoms with E-state index < -0.39 is 24.0 Å². The molecule has 12 nitrogen and oxygen atoms in total. The van der Waals surface area contributed by atoms with Gasteiger partial charge in [0.2, 0.25) is 5.89 Å². The third-order valence-corrected chi connectivity index (χ3v) is 6.39. The monoisotopic (exact) mass is 523 g/mol. The number of nitrogens with zero attached hydrogens (tertiary/aromatic N) is 3. The van der Waals surface area contributed by atoms with Gasteiger partial charge in [0.25, 0.3) is 11.8 Å². The van der Waals surface area contributed by atoms with E-state index in [9.17, 15) is 19.5 Å². The maximum absolute atomic E-state index is 13.5. The van der Waals surface area contributed by atoms with Crippen molar-refractivity contribution in [2.24, 2.45) is 11.7 Å². The summed E-state index contributed by atoms with van der Waals surface area (Å²) in [4.78, 5) is 48.1. The minimum Gasteiger partial charge on any atom is -0.480 e. The number of guanidine groups is 1. The summed E-state index contributed by atoms with van der Waals surface area (Å²) in [6, 6.07) is 7.55. The quantitative estimate of drug-likeness (QED) is 0.135. The van der Waals surface area contributed by atoms with E-state index in [0.717, 1.165) is 17.0 Å². The van der Waals surface area contributed by atoms with Gasteiger partial charge in [-0.3, -0.25) is 20.0 Å². The van der Waals surface area contributed by atoms with Gasteiger partial charge in [0.05, 0.1) is 0 Å². The number of amides is 2. The topological polar surface area (TPSA) is 188 Å². The van der Waals surface area contributed by atoms with Crippen LogP contribution in [0.4, 0.5) is 0 Å². The number of fused-ring (bicyclic) bond motifs is 1. The molecule has 12 heteroatoms. The normalized spacial score (nSPS) is 13.3. The molecular formula is C26H33N7O5. The van der Waals surface area contributed by atoms with Crippen molar-refractivity contribution in [1.29, 1.82) is 5.41 Å². The van der Waals surface area contributed by atoms with Crippen molar-refractivity contribution >= 4 is 34.5 Å². The Kier molecular flexibility index (Phi) is 9.36. The van der Waals surface area contributed by atoms with Crippen molar-refractivity contribution in [2.45, 2.75) is 45.2 Å². The SMILES string of the molecule is CC[C@H](C)[C@@H](c1nc(C(=O)N[C@@H](CCCNC(=N)N)C(=O)O)co1)N(C)C(=O)c1nccc2ccccc12. The molecule has 38 heavy (non-hydrogen) atoms. The summed E-state index contributed by atoms with van der Waals surface area (Å²) in [5.74, 6) is -2.35. The molecule has 2 aromatic heterocycles. The summed E-state index contributed by atoms with van der Waals surface area (Å²) in [6.45, 7) is 4.22. The first kappa shape index (κ1) is 28.1. The van der Waals surface area contributed by atoms with Crippen molar-refractivity contribution in [1.82, 2.24) is 25.5 Å². The fraction of sp³-hybridized carbons (Fsp3) is 0.385. The number of aliphatic carboxylic acids is 1. The maximum Gasteiger partial charge on any atom is 0.326 e. The van der Waals surface area contributed by atoms with Crippen LogP contribution in [0.3, 0.4) is 0 Å². The highest BCUT2D eigenvalue weighted by Gasteiger charge is 2.33. The van der Waals surface area contributed by atoms with Crippen molar-refractivity contribution in [2.75, 3.05) is 13.6 Å². The molecule has 3 atom stereocenters. The second-order valence-corrected chi connectivity index (χ2v) is 9.05. The number of pyridine rings is 1. The highest BCUT2D eigenvalue weighted by molar-refractivity contribution is 6.05. The summed E-state index contributed by atoms with van der Waals surface area (Å²) in [6.07, 6.45) is 3.93. The van der Waals surface area contributed by atoms with E-state index in [1.807, 2.05) is 44.2 Å². The van der Waals surface area contributed by atoms with Gasteiger partial charge in [0.1, 0.15) is 24.0 Å². The van der Waals surface area contributed by atoms with Crippen molar-refractivity contribution in [3.63, 3.8) is 0 Å². The Bertz CT molecular complexity index is 1300. The number of carbonyl (C=O) groups is 3. The summed E-state index contributed by atoms with van der Waals surface area (Å²) in [5.41, 5.74) is 5.43. The zero-order chi connectivity index (χ0) is 27.8. The molecule has 0 unspecified atom stereocenters. The lowest BCUT2D eigenvalue weighted by Crippen LogP contribution is -2.41. The van der Waals surface area contributed by atoms with Crippen LogP contribution < -0.4 is 16.4 Å². The van der Waals surface area contributed by atoms with Crippen LogP contribution in [0.2, 0.25) is 0 Å². The van der Waals surface area contributed by atoms with Crippen LogP contribution in [0, 0.1) is 11.3 Å². The number of carboxylic acid groups (broad SMARTS) is 1. The van der Waals surface area contributed by atoms with Crippen LogP contribution in [0.15, 0.2) is 47.2 Å². The molecule has 0 aliphatic carbocycles. The van der Waals surface area contributed by atoms with Gasteiger partial charge in [0.15, 0.2) is 11.7 Å². The highest BCUT2D eigenvalue weighted by atomic mass is 16.4. The van der Waals surface area contributed by atoms with Gasteiger partial charge in [-0.1, -0.05) is 44.5 Å². The molecule has 202 valence electrons. The molecule has 3 aromatic rings. The molecule has 2 amide bonds. The Balaban J connectivity index is 1.79. The summed E-state index contributed by atoms with van der Waals surface area (Å²) in [5, 5.41) is 23.3. The number of benzene rings is 1. The smallest absolute Gasteiger partial charge is 0.326 e.